The van der Waals surface area contributed by atoms with Crippen molar-refractivity contribution in [1.82, 2.24) is 9.80 Å². The lowest BCUT2D eigenvalue weighted by Crippen LogP contribution is -2.51. The molecule has 23 heavy (non-hydrogen) atoms. The van der Waals surface area contributed by atoms with Gasteiger partial charge in [0.1, 0.15) is 0 Å². The van der Waals surface area contributed by atoms with E-state index in [2.05, 4.69) is 9.80 Å². The zero-order chi connectivity index (χ0) is 15.3. The van der Waals surface area contributed by atoms with Crippen LogP contribution in [-0.4, -0.2) is 47.4 Å². The van der Waals surface area contributed by atoms with Crippen LogP contribution in [0.1, 0.15) is 22.5 Å². The van der Waals surface area contributed by atoms with Crippen LogP contribution in [0.5, 0.6) is 0 Å². The standard InChI is InChI=1S/C18H17ClN2OS/c19-12-2-1-3-13-11(12)7-14(23-13)17(22)21-8-10-6-15-18(10)4-5-20(15)9-16(18)21/h1-3,7,10,15-16H,4-6,8-9H2/t10-,15-,16-,18-/m0/s1. The van der Waals surface area contributed by atoms with Gasteiger partial charge >= 0.3 is 0 Å². The van der Waals surface area contributed by atoms with Crippen LogP contribution in [-0.2, 0) is 0 Å². The van der Waals surface area contributed by atoms with Crippen molar-refractivity contribution in [3.8, 4) is 0 Å². The van der Waals surface area contributed by atoms with Gasteiger partial charge in [0, 0.05) is 39.7 Å². The number of halogens is 1. The molecule has 4 aliphatic rings. The van der Waals surface area contributed by atoms with Gasteiger partial charge in [0.15, 0.2) is 0 Å². The summed E-state index contributed by atoms with van der Waals surface area (Å²) in [6, 6.07) is 9.12. The van der Waals surface area contributed by atoms with Gasteiger partial charge in [-0.2, -0.15) is 0 Å². The molecule has 118 valence electrons. The zero-order valence-electron chi connectivity index (χ0n) is 12.7. The topological polar surface area (TPSA) is 23.6 Å². The Morgan fingerprint density at radius 3 is 3.04 bits per heavy atom. The second-order valence-electron chi connectivity index (χ2n) is 7.54. The van der Waals surface area contributed by atoms with Crippen LogP contribution < -0.4 is 0 Å². The van der Waals surface area contributed by atoms with Crippen molar-refractivity contribution in [2.24, 2.45) is 11.3 Å². The predicted molar refractivity (Wildman–Crippen MR) is 92.2 cm³/mol. The summed E-state index contributed by atoms with van der Waals surface area (Å²) in [4.78, 5) is 18.9. The van der Waals surface area contributed by atoms with Crippen molar-refractivity contribution in [2.75, 3.05) is 19.6 Å². The van der Waals surface area contributed by atoms with Gasteiger partial charge in [-0.3, -0.25) is 9.69 Å². The maximum absolute atomic E-state index is 13.2. The number of rotatable bonds is 1. The third-order valence-corrected chi connectivity index (χ3v) is 8.38. The molecule has 1 amide bonds. The molecule has 1 spiro atoms. The third-order valence-electron chi connectivity index (χ3n) is 6.96. The molecule has 1 saturated carbocycles. The Kier molecular flexibility index (Phi) is 2.36. The van der Waals surface area contributed by atoms with Crippen LogP contribution in [0.25, 0.3) is 10.1 Å². The van der Waals surface area contributed by atoms with Crippen LogP contribution in [0.4, 0.5) is 0 Å². The number of carbonyl (C=O) groups is 1. The van der Waals surface area contributed by atoms with Gasteiger partial charge in [-0.15, -0.1) is 11.3 Å². The molecule has 0 radical (unpaired) electrons. The van der Waals surface area contributed by atoms with Crippen LogP contribution >= 0.6 is 22.9 Å². The Balaban J connectivity index is 1.40. The molecule has 2 bridgehead atoms. The van der Waals surface area contributed by atoms with E-state index in [-0.39, 0.29) is 5.91 Å². The maximum Gasteiger partial charge on any atom is 0.264 e. The van der Waals surface area contributed by atoms with Gasteiger partial charge in [-0.25, -0.2) is 0 Å². The fourth-order valence-corrected chi connectivity index (χ4v) is 7.27. The summed E-state index contributed by atoms with van der Waals surface area (Å²) in [5.41, 5.74) is 0.448. The van der Waals surface area contributed by atoms with E-state index in [0.717, 1.165) is 45.0 Å². The number of piperidine rings is 1. The lowest BCUT2D eigenvalue weighted by molar-refractivity contribution is 0.0485. The summed E-state index contributed by atoms with van der Waals surface area (Å²) in [5.74, 6) is 0.968. The molecule has 2 aromatic rings. The van der Waals surface area contributed by atoms with Gasteiger partial charge in [0.2, 0.25) is 0 Å². The molecule has 3 nitrogen and oxygen atoms in total. The van der Waals surface area contributed by atoms with Crippen LogP contribution in [0.2, 0.25) is 5.02 Å². The fraction of sp³-hybridized carbons (Fsp3) is 0.500. The smallest absolute Gasteiger partial charge is 0.264 e. The van der Waals surface area contributed by atoms with Gasteiger partial charge in [-0.05, 0) is 43.5 Å². The minimum atomic E-state index is 0.226. The average molecular weight is 345 g/mol. The molecule has 3 aliphatic heterocycles. The van der Waals surface area contributed by atoms with Crippen molar-refractivity contribution in [2.45, 2.75) is 24.9 Å². The van der Waals surface area contributed by atoms with E-state index >= 15 is 0 Å². The Labute approximate surface area is 143 Å². The van der Waals surface area contributed by atoms with Crippen LogP contribution in [0.3, 0.4) is 0 Å². The first-order chi connectivity index (χ1) is 11.2. The number of benzene rings is 1. The largest absolute Gasteiger partial charge is 0.333 e. The van der Waals surface area contributed by atoms with E-state index in [9.17, 15) is 4.79 Å². The number of hydrogen-bond donors (Lipinski definition) is 0. The number of likely N-dealkylation sites (tertiary alicyclic amines) is 1. The number of carbonyl (C=O) groups excluding carboxylic acids is 1. The monoisotopic (exact) mass is 344 g/mol. The van der Waals surface area contributed by atoms with Crippen molar-refractivity contribution in [1.29, 1.82) is 0 Å². The zero-order valence-corrected chi connectivity index (χ0v) is 14.2. The molecule has 4 fully saturated rings. The molecule has 1 aliphatic carbocycles. The minimum Gasteiger partial charge on any atom is -0.333 e. The lowest BCUT2D eigenvalue weighted by Gasteiger charge is -2.46. The molecular formula is C18H17ClN2OS. The molecule has 6 rings (SSSR count). The number of nitrogens with zero attached hydrogens (tertiary/aromatic N) is 2. The SMILES string of the molecule is O=C(c1cc2c(Cl)cccc2s1)N1C[C@@H]2C[C@@H]3N4CC[C@]23[C@@H]1C4. The second kappa shape index (κ2) is 4.11. The highest BCUT2D eigenvalue weighted by molar-refractivity contribution is 7.20. The normalized spacial score (nSPS) is 39.8. The van der Waals surface area contributed by atoms with Gasteiger partial charge in [-0.1, -0.05) is 17.7 Å². The molecule has 1 unspecified atom stereocenters. The molecule has 1 aromatic carbocycles. The quantitative estimate of drug-likeness (QED) is 0.790. The first-order valence-electron chi connectivity index (χ1n) is 8.41. The Bertz CT molecular complexity index is 864. The van der Waals surface area contributed by atoms with E-state index < -0.39 is 0 Å². The molecular weight excluding hydrogens is 328 g/mol. The van der Waals surface area contributed by atoms with Gasteiger partial charge in [0.05, 0.1) is 10.9 Å². The molecule has 0 N–H and O–H groups in total. The highest BCUT2D eigenvalue weighted by Crippen LogP contribution is 2.67. The van der Waals surface area contributed by atoms with E-state index in [1.165, 1.54) is 19.4 Å². The van der Waals surface area contributed by atoms with Gasteiger partial charge in [0.25, 0.3) is 5.91 Å². The Morgan fingerprint density at radius 1 is 1.30 bits per heavy atom. The van der Waals surface area contributed by atoms with Crippen molar-refractivity contribution in [3.05, 3.63) is 34.2 Å². The number of amides is 1. The highest BCUT2D eigenvalue weighted by atomic mass is 35.5. The van der Waals surface area contributed by atoms with E-state index in [1.54, 1.807) is 11.3 Å². The summed E-state index contributed by atoms with van der Waals surface area (Å²) in [7, 11) is 0. The summed E-state index contributed by atoms with van der Waals surface area (Å²) in [6.07, 6.45) is 2.60. The molecule has 4 heterocycles. The maximum atomic E-state index is 13.2. The number of thiophene rings is 1. The van der Waals surface area contributed by atoms with E-state index in [1.807, 2.05) is 24.3 Å². The van der Waals surface area contributed by atoms with Crippen molar-refractivity contribution in [3.63, 3.8) is 0 Å². The van der Waals surface area contributed by atoms with Crippen molar-refractivity contribution >= 4 is 38.9 Å². The fourth-order valence-electron chi connectivity index (χ4n) is 5.94. The lowest BCUT2D eigenvalue weighted by atomic mass is 9.57. The summed E-state index contributed by atoms with van der Waals surface area (Å²) in [5, 5.41) is 1.75. The van der Waals surface area contributed by atoms with Gasteiger partial charge < -0.3 is 4.90 Å². The summed E-state index contributed by atoms with van der Waals surface area (Å²) < 4.78 is 1.11. The van der Waals surface area contributed by atoms with Crippen LogP contribution in [0, 0.1) is 11.3 Å². The number of hydrogen-bond acceptors (Lipinski definition) is 3. The van der Waals surface area contributed by atoms with E-state index in [0.29, 0.717) is 11.5 Å². The molecule has 5 heteroatoms. The van der Waals surface area contributed by atoms with Crippen LogP contribution in [0.15, 0.2) is 24.3 Å². The first kappa shape index (κ1) is 13.2. The van der Waals surface area contributed by atoms with Crippen molar-refractivity contribution < 1.29 is 4.79 Å². The molecule has 5 atom stereocenters. The first-order valence-corrected chi connectivity index (χ1v) is 9.61. The molecule has 3 saturated heterocycles. The summed E-state index contributed by atoms with van der Waals surface area (Å²) >= 11 is 7.86. The highest BCUT2D eigenvalue weighted by Gasteiger charge is 2.73. The number of fused-ring (bicyclic) bond motifs is 1. The predicted octanol–water partition coefficient (Wildman–Crippen LogP) is 3.47. The minimum absolute atomic E-state index is 0.226. The average Bonchev–Trinajstić information content (AvgIpc) is 3.20. The molecule has 1 aromatic heterocycles. The Morgan fingerprint density at radius 2 is 2.22 bits per heavy atom. The third kappa shape index (κ3) is 1.40. The van der Waals surface area contributed by atoms with E-state index in [4.69, 9.17) is 11.6 Å². The second-order valence-corrected chi connectivity index (χ2v) is 9.03. The Hall–Kier alpha value is -1.10. The summed E-state index contributed by atoms with van der Waals surface area (Å²) in [6.45, 7) is 3.31.